The fourth-order valence-electron chi connectivity index (χ4n) is 3.80. The highest BCUT2D eigenvalue weighted by Gasteiger charge is 2.34. The van der Waals surface area contributed by atoms with E-state index < -0.39 is 23.7 Å². The van der Waals surface area contributed by atoms with Gasteiger partial charge in [0.25, 0.3) is 0 Å². The summed E-state index contributed by atoms with van der Waals surface area (Å²) in [5.41, 5.74) is 0.358. The van der Waals surface area contributed by atoms with Gasteiger partial charge in [-0.2, -0.15) is 0 Å². The molecule has 2 atom stereocenters. The van der Waals surface area contributed by atoms with Crippen molar-refractivity contribution in [3.8, 4) is 5.75 Å². The second-order valence-electron chi connectivity index (χ2n) is 7.81. The summed E-state index contributed by atoms with van der Waals surface area (Å²) >= 11 is 0. The Balaban J connectivity index is 2.52. The molecule has 0 radical (unpaired) electrons. The molecule has 28 heavy (non-hydrogen) atoms. The number of alkyl halides is 3. The summed E-state index contributed by atoms with van der Waals surface area (Å²) in [6, 6.07) is 1.87. The molecule has 0 aliphatic carbocycles. The molecular formula is C22H33F5O. The summed E-state index contributed by atoms with van der Waals surface area (Å²) in [5.74, 6) is -2.69. The molecule has 0 N–H and O–H groups in total. The van der Waals surface area contributed by atoms with E-state index in [0.717, 1.165) is 50.2 Å². The molecule has 0 saturated carbocycles. The molecule has 0 bridgehead atoms. The van der Waals surface area contributed by atoms with Crippen molar-refractivity contribution in [3.05, 3.63) is 29.3 Å². The fourth-order valence-corrected chi connectivity index (χ4v) is 3.80. The first-order valence-electron chi connectivity index (χ1n) is 10.4. The van der Waals surface area contributed by atoms with Crippen molar-refractivity contribution < 1.29 is 26.7 Å². The molecule has 1 rings (SSSR count). The third kappa shape index (κ3) is 9.74. The lowest BCUT2D eigenvalue weighted by atomic mass is 9.89. The average Bonchev–Trinajstić information content (AvgIpc) is 2.57. The van der Waals surface area contributed by atoms with Gasteiger partial charge >= 0.3 is 6.36 Å². The number of aryl methyl sites for hydroxylation is 1. The van der Waals surface area contributed by atoms with Crippen LogP contribution in [0.2, 0.25) is 0 Å². The lowest BCUT2D eigenvalue weighted by Gasteiger charge is -2.18. The Morgan fingerprint density at radius 1 is 0.857 bits per heavy atom. The molecule has 2 unspecified atom stereocenters. The standard InChI is InChI=1S/C22H33F5O/c1-4-8-16(3)10-6-11-17(9-5-2)12-7-13-18-14-19(23)21(20(24)15-18)28-22(25,26)27/h14-17H,4-13H2,1-3H3. The van der Waals surface area contributed by atoms with Crippen molar-refractivity contribution in [2.75, 3.05) is 0 Å². The molecule has 0 saturated heterocycles. The van der Waals surface area contributed by atoms with E-state index in [0.29, 0.717) is 17.9 Å². The summed E-state index contributed by atoms with van der Waals surface area (Å²) in [6.45, 7) is 6.63. The highest BCUT2D eigenvalue weighted by Crippen LogP contribution is 2.30. The minimum Gasteiger partial charge on any atom is -0.399 e. The van der Waals surface area contributed by atoms with Gasteiger partial charge in [0.05, 0.1) is 0 Å². The topological polar surface area (TPSA) is 9.23 Å². The van der Waals surface area contributed by atoms with Crippen LogP contribution < -0.4 is 4.74 Å². The van der Waals surface area contributed by atoms with Crippen LogP contribution in [0.4, 0.5) is 22.0 Å². The molecule has 162 valence electrons. The van der Waals surface area contributed by atoms with Crippen molar-refractivity contribution in [3.63, 3.8) is 0 Å². The van der Waals surface area contributed by atoms with Gasteiger partial charge in [0.1, 0.15) is 0 Å². The van der Waals surface area contributed by atoms with E-state index >= 15 is 0 Å². The minimum atomic E-state index is -5.12. The molecule has 1 nitrogen and oxygen atoms in total. The third-order valence-electron chi connectivity index (χ3n) is 5.14. The number of ether oxygens (including phenoxy) is 1. The first-order valence-corrected chi connectivity index (χ1v) is 10.4. The fraction of sp³-hybridized carbons (Fsp3) is 0.727. The summed E-state index contributed by atoms with van der Waals surface area (Å²) < 4.78 is 67.6. The zero-order chi connectivity index (χ0) is 21.2. The predicted octanol–water partition coefficient (Wildman–Crippen LogP) is 8.21. The highest BCUT2D eigenvalue weighted by molar-refractivity contribution is 5.31. The van der Waals surface area contributed by atoms with Crippen molar-refractivity contribution in [1.29, 1.82) is 0 Å². The molecule has 0 amide bonds. The molecule has 1 aromatic carbocycles. The zero-order valence-corrected chi connectivity index (χ0v) is 17.2. The van der Waals surface area contributed by atoms with Crippen LogP contribution in [0.5, 0.6) is 5.75 Å². The smallest absolute Gasteiger partial charge is 0.399 e. The van der Waals surface area contributed by atoms with Gasteiger partial charge < -0.3 is 4.74 Å². The summed E-state index contributed by atoms with van der Waals surface area (Å²) in [7, 11) is 0. The van der Waals surface area contributed by atoms with Crippen molar-refractivity contribution >= 4 is 0 Å². The first-order chi connectivity index (χ1) is 13.2. The lowest BCUT2D eigenvalue weighted by Crippen LogP contribution is -2.19. The Kier molecular flexibility index (Phi) is 10.8. The Labute approximate surface area is 165 Å². The molecule has 0 aromatic heterocycles. The van der Waals surface area contributed by atoms with E-state index in [1.54, 1.807) is 0 Å². The first kappa shape index (κ1) is 24.7. The number of hydrogen-bond acceptors (Lipinski definition) is 1. The van der Waals surface area contributed by atoms with E-state index in [2.05, 4.69) is 25.5 Å². The van der Waals surface area contributed by atoms with Crippen molar-refractivity contribution in [2.24, 2.45) is 11.8 Å². The van der Waals surface area contributed by atoms with E-state index in [4.69, 9.17) is 0 Å². The Morgan fingerprint density at radius 2 is 1.43 bits per heavy atom. The van der Waals surface area contributed by atoms with Crippen LogP contribution >= 0.6 is 0 Å². The number of hydrogen-bond donors (Lipinski definition) is 0. The van der Waals surface area contributed by atoms with Gasteiger partial charge in [-0.15, -0.1) is 13.2 Å². The molecule has 1 aromatic rings. The largest absolute Gasteiger partial charge is 0.573 e. The van der Waals surface area contributed by atoms with Crippen LogP contribution in [0, 0.1) is 23.5 Å². The molecule has 0 fully saturated rings. The quantitative estimate of drug-likeness (QED) is 0.299. The van der Waals surface area contributed by atoms with Gasteiger partial charge in [0.2, 0.25) is 5.75 Å². The summed E-state index contributed by atoms with van der Waals surface area (Å²) in [6.07, 6.45) is 5.30. The maximum absolute atomic E-state index is 13.8. The highest BCUT2D eigenvalue weighted by atomic mass is 19.4. The van der Waals surface area contributed by atoms with Crippen LogP contribution in [0.15, 0.2) is 12.1 Å². The second kappa shape index (κ2) is 12.3. The number of halogens is 5. The van der Waals surface area contributed by atoms with Crippen molar-refractivity contribution in [2.45, 2.75) is 91.3 Å². The zero-order valence-electron chi connectivity index (χ0n) is 17.2. The van der Waals surface area contributed by atoms with Crippen LogP contribution in [0.3, 0.4) is 0 Å². The SMILES string of the molecule is CCCC(C)CCCC(CCC)CCCc1cc(F)c(OC(F)(F)F)c(F)c1. The van der Waals surface area contributed by atoms with Gasteiger partial charge in [-0.05, 0) is 42.4 Å². The summed E-state index contributed by atoms with van der Waals surface area (Å²) in [5, 5.41) is 0. The number of benzene rings is 1. The van der Waals surface area contributed by atoms with Crippen LogP contribution in [0.25, 0.3) is 0 Å². The lowest BCUT2D eigenvalue weighted by molar-refractivity contribution is -0.276. The third-order valence-corrected chi connectivity index (χ3v) is 5.14. The molecule has 6 heteroatoms. The molecule has 0 spiro atoms. The van der Waals surface area contributed by atoms with E-state index in [1.165, 1.54) is 25.7 Å². The molecule has 0 aliphatic heterocycles. The van der Waals surface area contributed by atoms with Gasteiger partial charge in [0, 0.05) is 0 Å². The predicted molar refractivity (Wildman–Crippen MR) is 102 cm³/mol. The second-order valence-corrected chi connectivity index (χ2v) is 7.81. The number of rotatable bonds is 13. The molecule has 0 heterocycles. The molecular weight excluding hydrogens is 375 g/mol. The van der Waals surface area contributed by atoms with Crippen molar-refractivity contribution in [1.82, 2.24) is 0 Å². The Morgan fingerprint density at radius 3 is 1.96 bits per heavy atom. The van der Waals surface area contributed by atoms with Crippen LogP contribution in [0.1, 0.15) is 84.1 Å². The maximum atomic E-state index is 13.8. The summed E-state index contributed by atoms with van der Waals surface area (Å²) in [4.78, 5) is 0. The Hall–Kier alpha value is -1.33. The van der Waals surface area contributed by atoms with Gasteiger partial charge in [-0.1, -0.05) is 72.1 Å². The van der Waals surface area contributed by atoms with E-state index in [1.807, 2.05) is 0 Å². The van der Waals surface area contributed by atoms with Gasteiger partial charge in [0.15, 0.2) is 11.6 Å². The normalized spacial score (nSPS) is 14.1. The maximum Gasteiger partial charge on any atom is 0.573 e. The van der Waals surface area contributed by atoms with Crippen LogP contribution in [-0.2, 0) is 6.42 Å². The Bertz CT molecular complexity index is 548. The van der Waals surface area contributed by atoms with Gasteiger partial charge in [-0.25, -0.2) is 8.78 Å². The minimum absolute atomic E-state index is 0.358. The molecule has 0 aliphatic rings. The van der Waals surface area contributed by atoms with Crippen LogP contribution in [-0.4, -0.2) is 6.36 Å². The monoisotopic (exact) mass is 408 g/mol. The van der Waals surface area contributed by atoms with Gasteiger partial charge in [-0.3, -0.25) is 0 Å². The van der Waals surface area contributed by atoms with E-state index in [-0.39, 0.29) is 0 Å². The van der Waals surface area contributed by atoms with E-state index in [9.17, 15) is 22.0 Å². The average molecular weight is 408 g/mol.